The summed E-state index contributed by atoms with van der Waals surface area (Å²) in [6, 6.07) is 2.38. The third kappa shape index (κ3) is 3.64. The minimum Gasteiger partial charge on any atom is -0.378 e. The fourth-order valence-electron chi connectivity index (χ4n) is 2.78. The van der Waals surface area contributed by atoms with Crippen LogP contribution in [0.4, 0.5) is 11.6 Å². The Morgan fingerprint density at radius 1 is 1.29 bits per heavy atom. The van der Waals surface area contributed by atoms with Crippen molar-refractivity contribution >= 4 is 11.6 Å². The van der Waals surface area contributed by atoms with Crippen LogP contribution in [0.15, 0.2) is 6.07 Å². The van der Waals surface area contributed by atoms with Gasteiger partial charge in [-0.3, -0.25) is 0 Å². The second kappa shape index (κ2) is 6.60. The molecule has 1 saturated carbocycles. The van der Waals surface area contributed by atoms with Crippen LogP contribution < -0.4 is 10.6 Å². The minimum atomic E-state index is 0.131. The van der Waals surface area contributed by atoms with Crippen LogP contribution in [0.5, 0.6) is 0 Å². The summed E-state index contributed by atoms with van der Waals surface area (Å²) >= 11 is 0. The maximum Gasteiger partial charge on any atom is 0.132 e. The normalized spacial score (nSPS) is 23.5. The molecule has 1 heterocycles. The van der Waals surface area contributed by atoms with Crippen molar-refractivity contribution in [3.63, 3.8) is 0 Å². The molecule has 2 atom stereocenters. The zero-order chi connectivity index (χ0) is 15.5. The predicted octanol–water partition coefficient (Wildman–Crippen LogP) is 3.22. The van der Waals surface area contributed by atoms with E-state index in [1.54, 1.807) is 0 Å². The molecule has 5 heteroatoms. The van der Waals surface area contributed by atoms with Crippen LogP contribution in [0, 0.1) is 12.3 Å². The second-order valence-corrected chi connectivity index (χ2v) is 6.31. The Morgan fingerprint density at radius 2 is 2.00 bits per heavy atom. The Labute approximate surface area is 127 Å². The van der Waals surface area contributed by atoms with E-state index in [4.69, 9.17) is 4.74 Å². The van der Waals surface area contributed by atoms with Gasteiger partial charge in [-0.15, -0.1) is 0 Å². The van der Waals surface area contributed by atoms with Gasteiger partial charge in [0.05, 0.1) is 6.10 Å². The van der Waals surface area contributed by atoms with Gasteiger partial charge in [-0.25, -0.2) is 9.97 Å². The molecule has 1 aliphatic rings. The Hall–Kier alpha value is -1.36. The average Bonchev–Trinajstić information content (AvgIpc) is 2.43. The highest BCUT2D eigenvalue weighted by molar-refractivity contribution is 5.48. The van der Waals surface area contributed by atoms with Crippen LogP contribution in [0.1, 0.15) is 46.4 Å². The molecule has 0 aromatic carbocycles. The second-order valence-electron chi connectivity index (χ2n) is 6.31. The van der Waals surface area contributed by atoms with Crippen molar-refractivity contribution in [2.75, 3.05) is 23.8 Å². The third-order valence-corrected chi connectivity index (χ3v) is 4.26. The lowest BCUT2D eigenvalue weighted by molar-refractivity contribution is -0.0976. The van der Waals surface area contributed by atoms with Crippen molar-refractivity contribution in [3.8, 4) is 0 Å². The molecule has 1 aliphatic carbocycles. The van der Waals surface area contributed by atoms with Crippen LogP contribution in [-0.4, -0.2) is 35.3 Å². The lowest BCUT2D eigenvalue weighted by atomic mass is 9.64. The van der Waals surface area contributed by atoms with E-state index >= 15 is 0 Å². The monoisotopic (exact) mass is 292 g/mol. The van der Waals surface area contributed by atoms with E-state index < -0.39 is 0 Å². The summed E-state index contributed by atoms with van der Waals surface area (Å²) in [6.07, 6.45) is 2.44. The Morgan fingerprint density at radius 3 is 2.62 bits per heavy atom. The molecule has 21 heavy (non-hydrogen) atoms. The zero-order valence-electron chi connectivity index (χ0n) is 13.9. The first-order chi connectivity index (χ1) is 9.97. The largest absolute Gasteiger partial charge is 0.378 e. The van der Waals surface area contributed by atoms with Crippen LogP contribution in [-0.2, 0) is 4.74 Å². The van der Waals surface area contributed by atoms with Gasteiger partial charge in [0.25, 0.3) is 0 Å². The van der Waals surface area contributed by atoms with E-state index in [9.17, 15) is 0 Å². The number of aromatic nitrogens is 2. The number of hydrogen-bond donors (Lipinski definition) is 2. The maximum atomic E-state index is 5.78. The van der Waals surface area contributed by atoms with Crippen molar-refractivity contribution in [1.29, 1.82) is 0 Å². The van der Waals surface area contributed by atoms with Crippen LogP contribution in [0.3, 0.4) is 0 Å². The predicted molar refractivity (Wildman–Crippen MR) is 86.8 cm³/mol. The SMILES string of the molecule is CCCNc1cc(NC2CC(OCC)C2(C)C)nc(C)n1. The fraction of sp³-hybridized carbons (Fsp3) is 0.750. The molecule has 0 aliphatic heterocycles. The molecule has 1 aromatic rings. The van der Waals surface area contributed by atoms with Gasteiger partial charge < -0.3 is 15.4 Å². The van der Waals surface area contributed by atoms with Crippen molar-refractivity contribution < 1.29 is 4.74 Å². The fourth-order valence-corrected chi connectivity index (χ4v) is 2.78. The summed E-state index contributed by atoms with van der Waals surface area (Å²) in [7, 11) is 0. The molecule has 1 aromatic heterocycles. The number of anilines is 2. The smallest absolute Gasteiger partial charge is 0.132 e. The quantitative estimate of drug-likeness (QED) is 0.808. The highest BCUT2D eigenvalue weighted by atomic mass is 16.5. The van der Waals surface area contributed by atoms with E-state index in [0.717, 1.165) is 43.5 Å². The van der Waals surface area contributed by atoms with Gasteiger partial charge in [0.15, 0.2) is 0 Å². The van der Waals surface area contributed by atoms with E-state index in [-0.39, 0.29) is 5.41 Å². The average molecular weight is 292 g/mol. The van der Waals surface area contributed by atoms with E-state index in [0.29, 0.717) is 12.1 Å². The summed E-state index contributed by atoms with van der Waals surface area (Å²) in [5.74, 6) is 2.58. The van der Waals surface area contributed by atoms with E-state index in [2.05, 4.69) is 48.3 Å². The molecule has 118 valence electrons. The number of rotatable bonds is 7. The highest BCUT2D eigenvalue weighted by Crippen LogP contribution is 2.44. The molecule has 0 spiro atoms. The van der Waals surface area contributed by atoms with Crippen molar-refractivity contribution in [3.05, 3.63) is 11.9 Å². The maximum absolute atomic E-state index is 5.78. The molecule has 0 bridgehead atoms. The van der Waals surface area contributed by atoms with Crippen LogP contribution >= 0.6 is 0 Å². The number of ether oxygens (including phenoxy) is 1. The Bertz CT molecular complexity index is 475. The van der Waals surface area contributed by atoms with Gasteiger partial charge in [0.2, 0.25) is 0 Å². The first-order valence-electron chi connectivity index (χ1n) is 7.95. The van der Waals surface area contributed by atoms with Crippen molar-refractivity contribution in [1.82, 2.24) is 9.97 Å². The van der Waals surface area contributed by atoms with Gasteiger partial charge in [0.1, 0.15) is 17.5 Å². The summed E-state index contributed by atoms with van der Waals surface area (Å²) in [5.41, 5.74) is 0.131. The number of aryl methyl sites for hydroxylation is 1. The summed E-state index contributed by atoms with van der Waals surface area (Å²) in [5, 5.41) is 6.86. The van der Waals surface area contributed by atoms with Crippen LogP contribution in [0.2, 0.25) is 0 Å². The summed E-state index contributed by atoms with van der Waals surface area (Å²) in [4.78, 5) is 8.91. The molecule has 1 fully saturated rings. The molecule has 0 radical (unpaired) electrons. The lowest BCUT2D eigenvalue weighted by Crippen LogP contribution is -2.58. The van der Waals surface area contributed by atoms with Gasteiger partial charge >= 0.3 is 0 Å². The summed E-state index contributed by atoms with van der Waals surface area (Å²) in [6.45, 7) is 12.3. The van der Waals surface area contributed by atoms with Gasteiger partial charge in [0, 0.05) is 30.7 Å². The standard InChI is InChI=1S/C16H28N4O/c1-6-8-17-14-10-15(19-11(3)18-14)20-12-9-13(21-7-2)16(12,4)5/h10,12-13H,6-9H2,1-5H3,(H2,17,18,19,20). The molecule has 0 saturated heterocycles. The van der Waals surface area contributed by atoms with E-state index in [1.165, 1.54) is 0 Å². The number of hydrogen-bond acceptors (Lipinski definition) is 5. The first-order valence-corrected chi connectivity index (χ1v) is 7.95. The van der Waals surface area contributed by atoms with Crippen LogP contribution in [0.25, 0.3) is 0 Å². The van der Waals surface area contributed by atoms with Gasteiger partial charge in [-0.2, -0.15) is 0 Å². The molecule has 2 rings (SSSR count). The third-order valence-electron chi connectivity index (χ3n) is 4.26. The van der Waals surface area contributed by atoms with Gasteiger partial charge in [-0.05, 0) is 26.7 Å². The first kappa shape index (κ1) is 16.0. The highest BCUT2D eigenvalue weighted by Gasteiger charge is 2.49. The topological polar surface area (TPSA) is 59.1 Å². The van der Waals surface area contributed by atoms with Gasteiger partial charge in [-0.1, -0.05) is 20.8 Å². The molecule has 0 amide bonds. The van der Waals surface area contributed by atoms with Crippen molar-refractivity contribution in [2.45, 2.75) is 59.6 Å². The zero-order valence-corrected chi connectivity index (χ0v) is 13.9. The number of nitrogens with one attached hydrogen (secondary N) is 2. The molecule has 2 N–H and O–H groups in total. The molecule has 5 nitrogen and oxygen atoms in total. The van der Waals surface area contributed by atoms with Crippen molar-refractivity contribution in [2.24, 2.45) is 5.41 Å². The minimum absolute atomic E-state index is 0.131. The Kier molecular flexibility index (Phi) is 5.04. The molecular weight excluding hydrogens is 264 g/mol. The lowest BCUT2D eigenvalue weighted by Gasteiger charge is -2.51. The molecule has 2 unspecified atom stereocenters. The van der Waals surface area contributed by atoms with E-state index in [1.807, 2.05) is 13.0 Å². The molecular formula is C16H28N4O. The Balaban J connectivity index is 2.02. The number of nitrogens with zero attached hydrogens (tertiary/aromatic N) is 2. The summed E-state index contributed by atoms with van der Waals surface area (Å²) < 4.78 is 5.78.